The number of methoxy groups -OCH3 is 1. The molecule has 1 aromatic rings. The molecular formula is C16H22N4O5. The highest BCUT2D eigenvalue weighted by Crippen LogP contribution is 2.29. The molecule has 136 valence electrons. The van der Waals surface area contributed by atoms with Crippen LogP contribution in [0.25, 0.3) is 0 Å². The first-order valence-corrected chi connectivity index (χ1v) is 7.97. The van der Waals surface area contributed by atoms with Crippen LogP contribution in [0.3, 0.4) is 0 Å². The summed E-state index contributed by atoms with van der Waals surface area (Å²) in [7, 11) is 1.40. The van der Waals surface area contributed by atoms with Gasteiger partial charge in [-0.3, -0.25) is 19.8 Å². The van der Waals surface area contributed by atoms with Gasteiger partial charge < -0.3 is 14.8 Å². The highest BCUT2D eigenvalue weighted by Gasteiger charge is 2.28. The van der Waals surface area contributed by atoms with Gasteiger partial charge in [-0.1, -0.05) is 0 Å². The van der Waals surface area contributed by atoms with Gasteiger partial charge in [0.1, 0.15) is 6.10 Å². The molecule has 25 heavy (non-hydrogen) atoms. The van der Waals surface area contributed by atoms with E-state index in [-0.39, 0.29) is 18.0 Å². The molecule has 1 saturated carbocycles. The number of nitrogens with zero attached hydrogens (tertiary/aromatic N) is 1. The van der Waals surface area contributed by atoms with Crippen molar-refractivity contribution < 1.29 is 23.9 Å². The molecule has 9 nitrogen and oxygen atoms in total. The summed E-state index contributed by atoms with van der Waals surface area (Å²) < 4.78 is 10.7. The predicted octanol–water partition coefficient (Wildman–Crippen LogP) is 0.429. The topological polar surface area (TPSA) is 133 Å². The molecule has 0 atom stereocenters. The van der Waals surface area contributed by atoms with E-state index in [1.54, 1.807) is 18.4 Å². The van der Waals surface area contributed by atoms with E-state index in [9.17, 15) is 14.4 Å². The van der Waals surface area contributed by atoms with Gasteiger partial charge in [-0.15, -0.1) is 0 Å². The van der Waals surface area contributed by atoms with Gasteiger partial charge in [-0.25, -0.2) is 10.8 Å². The maximum absolute atomic E-state index is 11.5. The number of carbonyl (C=O) groups is 3. The molecule has 1 fully saturated rings. The predicted molar refractivity (Wildman–Crippen MR) is 88.3 cm³/mol. The summed E-state index contributed by atoms with van der Waals surface area (Å²) in [4.78, 5) is 38.3. The first-order chi connectivity index (χ1) is 11.9. The lowest BCUT2D eigenvalue weighted by Gasteiger charge is -2.27. The van der Waals surface area contributed by atoms with Crippen LogP contribution in [0.1, 0.15) is 31.2 Å². The number of carbonyl (C=O) groups excluding carboxylic acids is 3. The molecule has 0 aliphatic heterocycles. The van der Waals surface area contributed by atoms with E-state index in [1.165, 1.54) is 13.3 Å². The summed E-state index contributed by atoms with van der Waals surface area (Å²) in [5, 5.41) is 2.39. The number of nitrogens with one attached hydrogen (secondary N) is 2. The number of esters is 1. The Balaban J connectivity index is 1.92. The minimum atomic E-state index is -0.944. The molecular weight excluding hydrogens is 328 g/mol. The number of pyridine rings is 1. The van der Waals surface area contributed by atoms with E-state index in [2.05, 4.69) is 10.3 Å². The molecule has 1 aliphatic rings. The van der Waals surface area contributed by atoms with Gasteiger partial charge in [0.05, 0.1) is 24.9 Å². The third-order valence-corrected chi connectivity index (χ3v) is 4.11. The molecule has 1 aromatic heterocycles. The average molecular weight is 350 g/mol. The number of nitrogens with two attached hydrogens (primary N) is 1. The second kappa shape index (κ2) is 8.43. The van der Waals surface area contributed by atoms with Crippen LogP contribution < -0.4 is 21.3 Å². The summed E-state index contributed by atoms with van der Waals surface area (Å²) >= 11 is 0. The molecule has 4 N–H and O–H groups in total. The maximum atomic E-state index is 11.5. The molecule has 1 aliphatic carbocycles. The zero-order valence-corrected chi connectivity index (χ0v) is 14.2. The maximum Gasteiger partial charge on any atom is 0.323 e. The van der Waals surface area contributed by atoms with E-state index < -0.39 is 11.8 Å². The van der Waals surface area contributed by atoms with Crippen LogP contribution in [0.15, 0.2) is 12.3 Å². The first kappa shape index (κ1) is 18.7. The molecule has 9 heteroatoms. The largest absolute Gasteiger partial charge is 0.474 e. The van der Waals surface area contributed by atoms with Crippen LogP contribution >= 0.6 is 0 Å². The number of hydrazine groups is 1. The van der Waals surface area contributed by atoms with Crippen molar-refractivity contribution in [1.29, 1.82) is 0 Å². The van der Waals surface area contributed by atoms with Gasteiger partial charge in [-0.05, 0) is 38.7 Å². The van der Waals surface area contributed by atoms with E-state index >= 15 is 0 Å². The minimum Gasteiger partial charge on any atom is -0.474 e. The summed E-state index contributed by atoms with van der Waals surface area (Å²) in [5.41, 5.74) is 2.84. The number of ether oxygens (including phenoxy) is 2. The lowest BCUT2D eigenvalue weighted by molar-refractivity contribution is -0.147. The molecule has 0 aromatic carbocycles. The van der Waals surface area contributed by atoms with Gasteiger partial charge in [0.2, 0.25) is 5.88 Å². The second-order valence-electron chi connectivity index (χ2n) is 5.89. The zero-order chi connectivity index (χ0) is 18.4. The number of aryl methyl sites for hydroxylation is 1. The van der Waals surface area contributed by atoms with E-state index in [0.29, 0.717) is 11.6 Å². The average Bonchev–Trinajstić information content (AvgIpc) is 2.63. The van der Waals surface area contributed by atoms with Crippen molar-refractivity contribution in [1.82, 2.24) is 10.4 Å². The third kappa shape index (κ3) is 4.90. The Kier molecular flexibility index (Phi) is 6.29. The van der Waals surface area contributed by atoms with Gasteiger partial charge in [0, 0.05) is 5.56 Å². The van der Waals surface area contributed by atoms with Gasteiger partial charge in [0.15, 0.2) is 0 Å². The molecule has 0 bridgehead atoms. The summed E-state index contributed by atoms with van der Waals surface area (Å²) in [6, 6.07) is 1.66. The SMILES string of the molecule is COC(=O)[C@H]1CC[C@@H](Oc2ncc(NC(=O)C(=O)NN)cc2C)CC1. The Labute approximate surface area is 145 Å². The van der Waals surface area contributed by atoms with Gasteiger partial charge >= 0.3 is 17.8 Å². The van der Waals surface area contributed by atoms with Crippen molar-refractivity contribution >= 4 is 23.5 Å². The Morgan fingerprint density at radius 2 is 1.88 bits per heavy atom. The van der Waals surface area contributed by atoms with Crippen LogP contribution in [0.4, 0.5) is 5.69 Å². The quantitative estimate of drug-likeness (QED) is 0.236. The van der Waals surface area contributed by atoms with Crippen molar-refractivity contribution in [2.75, 3.05) is 12.4 Å². The molecule has 2 rings (SSSR count). The Hall–Kier alpha value is -2.68. The Morgan fingerprint density at radius 3 is 2.44 bits per heavy atom. The number of hydrogen-bond acceptors (Lipinski definition) is 7. The standard InChI is InChI=1S/C16H22N4O5/c1-9-7-11(19-13(21)14(22)20-17)8-18-15(9)25-12-5-3-10(4-6-12)16(23)24-2/h7-8,10,12H,3-6,17H2,1-2H3,(H,19,21)(H,20,22)/t10-,12+. The number of amides is 2. The fraction of sp³-hybridized carbons (Fsp3) is 0.500. The number of aromatic nitrogens is 1. The van der Waals surface area contributed by atoms with Crippen molar-refractivity contribution in [3.63, 3.8) is 0 Å². The number of anilines is 1. The second-order valence-corrected chi connectivity index (χ2v) is 5.89. The van der Waals surface area contributed by atoms with E-state index in [0.717, 1.165) is 31.2 Å². The van der Waals surface area contributed by atoms with Gasteiger partial charge in [0.25, 0.3) is 0 Å². The molecule has 1 heterocycles. The van der Waals surface area contributed by atoms with Crippen molar-refractivity contribution in [3.05, 3.63) is 17.8 Å². The minimum absolute atomic E-state index is 0.0180. The zero-order valence-electron chi connectivity index (χ0n) is 14.2. The number of rotatable bonds is 4. The normalized spacial score (nSPS) is 19.6. The van der Waals surface area contributed by atoms with Crippen molar-refractivity contribution in [2.24, 2.45) is 11.8 Å². The van der Waals surface area contributed by atoms with Crippen LogP contribution in [0, 0.1) is 12.8 Å². The highest BCUT2D eigenvalue weighted by atomic mass is 16.5. The summed E-state index contributed by atoms with van der Waals surface area (Å²) in [6.07, 6.45) is 4.32. The summed E-state index contributed by atoms with van der Waals surface area (Å²) in [6.45, 7) is 1.79. The van der Waals surface area contributed by atoms with Crippen LogP contribution in [-0.4, -0.2) is 36.0 Å². The molecule has 2 amide bonds. The smallest absolute Gasteiger partial charge is 0.323 e. The van der Waals surface area contributed by atoms with E-state index in [1.807, 2.05) is 0 Å². The fourth-order valence-electron chi connectivity index (χ4n) is 2.75. The molecule has 0 unspecified atom stereocenters. The van der Waals surface area contributed by atoms with Crippen molar-refractivity contribution in [3.8, 4) is 5.88 Å². The van der Waals surface area contributed by atoms with Crippen LogP contribution in [-0.2, 0) is 19.1 Å². The molecule has 0 spiro atoms. The van der Waals surface area contributed by atoms with Gasteiger partial charge in [-0.2, -0.15) is 0 Å². The monoisotopic (exact) mass is 350 g/mol. The molecule has 0 radical (unpaired) electrons. The van der Waals surface area contributed by atoms with E-state index in [4.69, 9.17) is 15.3 Å². The third-order valence-electron chi connectivity index (χ3n) is 4.11. The van der Waals surface area contributed by atoms with Crippen LogP contribution in [0.2, 0.25) is 0 Å². The molecule has 0 saturated heterocycles. The summed E-state index contributed by atoms with van der Waals surface area (Å²) in [5.74, 6) is 3.30. The Bertz CT molecular complexity index is 656. The Morgan fingerprint density at radius 1 is 1.20 bits per heavy atom. The lowest BCUT2D eigenvalue weighted by Crippen LogP contribution is -2.39. The highest BCUT2D eigenvalue weighted by molar-refractivity contribution is 6.39. The van der Waals surface area contributed by atoms with Crippen molar-refractivity contribution in [2.45, 2.75) is 38.7 Å². The first-order valence-electron chi connectivity index (χ1n) is 7.97. The number of hydrogen-bond donors (Lipinski definition) is 3. The fourth-order valence-corrected chi connectivity index (χ4v) is 2.75. The lowest BCUT2D eigenvalue weighted by atomic mass is 9.87. The van der Waals surface area contributed by atoms with Crippen LogP contribution in [0.5, 0.6) is 5.88 Å².